The van der Waals surface area contributed by atoms with Gasteiger partial charge in [-0.25, -0.2) is 4.79 Å². The molecule has 2 aromatic carbocycles. The van der Waals surface area contributed by atoms with Crippen molar-refractivity contribution < 1.29 is 19.5 Å². The predicted molar refractivity (Wildman–Crippen MR) is 121 cm³/mol. The molecule has 1 aromatic heterocycles. The molecule has 0 aliphatic heterocycles. The number of pyridine rings is 1. The molecule has 1 aliphatic rings. The summed E-state index contributed by atoms with van der Waals surface area (Å²) in [4.78, 5) is 21.0. The molecular formula is C26H26N2O4. The van der Waals surface area contributed by atoms with E-state index >= 15 is 0 Å². The average Bonchev–Trinajstić information content (AvgIpc) is 2.83. The van der Waals surface area contributed by atoms with Crippen LogP contribution in [0.15, 0.2) is 84.7 Å². The van der Waals surface area contributed by atoms with Crippen LogP contribution in [-0.4, -0.2) is 29.2 Å². The third kappa shape index (κ3) is 5.60. The molecule has 0 saturated carbocycles. The van der Waals surface area contributed by atoms with Gasteiger partial charge in [-0.05, 0) is 59.7 Å². The van der Waals surface area contributed by atoms with E-state index < -0.39 is 5.97 Å². The lowest BCUT2D eigenvalue weighted by Crippen LogP contribution is -2.20. The van der Waals surface area contributed by atoms with Crippen LogP contribution >= 0.6 is 0 Å². The van der Waals surface area contributed by atoms with E-state index in [4.69, 9.17) is 14.7 Å². The largest absolute Gasteiger partial charge is 0.482 e. The molecule has 1 aliphatic carbocycles. The maximum absolute atomic E-state index is 10.8. The Bertz CT molecular complexity index is 1030. The van der Waals surface area contributed by atoms with Crippen LogP contribution in [0.3, 0.4) is 0 Å². The first-order valence-electron chi connectivity index (χ1n) is 10.7. The highest BCUT2D eigenvalue weighted by Crippen LogP contribution is 2.32. The van der Waals surface area contributed by atoms with Gasteiger partial charge in [0.1, 0.15) is 11.9 Å². The number of hydroxylamine groups is 1. The summed E-state index contributed by atoms with van der Waals surface area (Å²) in [5.74, 6) is -0.292. The van der Waals surface area contributed by atoms with Crippen LogP contribution < -0.4 is 10.2 Å². The minimum atomic E-state index is -0.967. The number of hydrogen-bond acceptors (Lipinski definition) is 5. The number of carbonyl (C=O) groups is 1. The molecule has 0 fully saturated rings. The van der Waals surface area contributed by atoms with Crippen LogP contribution in [0.4, 0.5) is 0 Å². The van der Waals surface area contributed by atoms with Crippen LogP contribution in [0.1, 0.15) is 34.8 Å². The molecule has 0 bridgehead atoms. The second-order valence-electron chi connectivity index (χ2n) is 7.65. The highest BCUT2D eigenvalue weighted by molar-refractivity contribution is 5.68. The zero-order valence-corrected chi connectivity index (χ0v) is 17.7. The van der Waals surface area contributed by atoms with Crippen LogP contribution in [0.5, 0.6) is 5.75 Å². The minimum absolute atomic E-state index is 0.223. The van der Waals surface area contributed by atoms with Gasteiger partial charge in [-0.2, -0.15) is 5.48 Å². The van der Waals surface area contributed by atoms with Crippen LogP contribution in [0, 0.1) is 0 Å². The van der Waals surface area contributed by atoms with Gasteiger partial charge in [0.2, 0.25) is 0 Å². The highest BCUT2D eigenvalue weighted by Gasteiger charge is 2.18. The number of rotatable bonds is 9. The van der Waals surface area contributed by atoms with Gasteiger partial charge in [0.25, 0.3) is 0 Å². The standard InChI is InChI=1S/C26H26N2O4/c29-25(30)18-31-24-8-4-7-22-17-19(9-10-23(22)24)11-16-28-32-26(20-5-2-1-3-6-20)21-12-14-27-15-13-21/h1-8,11-15,26,28H,9-10,16-18H2,(H,29,30). The van der Waals surface area contributed by atoms with Crippen molar-refractivity contribution >= 4 is 5.97 Å². The Morgan fingerprint density at radius 3 is 2.59 bits per heavy atom. The molecule has 0 amide bonds. The number of ether oxygens (including phenoxy) is 1. The first-order valence-corrected chi connectivity index (χ1v) is 10.7. The number of nitrogens with zero attached hydrogens (tertiary/aromatic N) is 1. The first-order chi connectivity index (χ1) is 15.7. The molecule has 2 N–H and O–H groups in total. The smallest absolute Gasteiger partial charge is 0.341 e. The summed E-state index contributed by atoms with van der Waals surface area (Å²) >= 11 is 0. The van der Waals surface area contributed by atoms with E-state index in [2.05, 4.69) is 22.6 Å². The minimum Gasteiger partial charge on any atom is -0.482 e. The van der Waals surface area contributed by atoms with Crippen molar-refractivity contribution in [3.63, 3.8) is 0 Å². The molecule has 6 nitrogen and oxygen atoms in total. The van der Waals surface area contributed by atoms with Crippen molar-refractivity contribution in [2.24, 2.45) is 0 Å². The maximum atomic E-state index is 10.8. The van der Waals surface area contributed by atoms with E-state index in [-0.39, 0.29) is 12.7 Å². The quantitative estimate of drug-likeness (QED) is 0.300. The Morgan fingerprint density at radius 2 is 1.81 bits per heavy atom. The Labute approximate surface area is 187 Å². The van der Waals surface area contributed by atoms with Crippen molar-refractivity contribution in [3.8, 4) is 5.75 Å². The summed E-state index contributed by atoms with van der Waals surface area (Å²) in [7, 11) is 0. The Morgan fingerprint density at radius 1 is 1.03 bits per heavy atom. The molecule has 0 spiro atoms. The number of hydrogen-bond donors (Lipinski definition) is 2. The summed E-state index contributed by atoms with van der Waals surface area (Å²) < 4.78 is 5.45. The summed E-state index contributed by atoms with van der Waals surface area (Å²) in [6, 6.07) is 19.8. The van der Waals surface area contributed by atoms with E-state index in [9.17, 15) is 4.79 Å². The van der Waals surface area contributed by atoms with Gasteiger partial charge in [-0.15, -0.1) is 0 Å². The summed E-state index contributed by atoms with van der Waals surface area (Å²) in [6.45, 7) is 0.273. The zero-order chi connectivity index (χ0) is 22.2. The Balaban J connectivity index is 1.37. The molecule has 1 heterocycles. The highest BCUT2D eigenvalue weighted by atomic mass is 16.7. The SMILES string of the molecule is O=C(O)COc1cccc2c1CCC(=CCNOC(c1ccccc1)c1ccncc1)C2. The number of fused-ring (bicyclic) bond motifs is 1. The first kappa shape index (κ1) is 21.7. The van der Waals surface area contributed by atoms with E-state index in [1.165, 1.54) is 11.1 Å². The van der Waals surface area contributed by atoms with Crippen LogP contribution in [0.2, 0.25) is 0 Å². The van der Waals surface area contributed by atoms with Gasteiger partial charge in [-0.1, -0.05) is 54.1 Å². The van der Waals surface area contributed by atoms with E-state index in [0.29, 0.717) is 12.3 Å². The van der Waals surface area contributed by atoms with Gasteiger partial charge in [0.15, 0.2) is 6.61 Å². The normalized spacial score (nSPS) is 15.2. The number of aromatic nitrogens is 1. The Kier molecular flexibility index (Phi) is 7.27. The van der Waals surface area contributed by atoms with Crippen molar-refractivity contribution in [1.82, 2.24) is 10.5 Å². The molecule has 1 atom stereocenters. The Hall–Kier alpha value is -3.48. The fourth-order valence-electron chi connectivity index (χ4n) is 3.94. The molecule has 0 radical (unpaired) electrons. The number of allylic oxidation sites excluding steroid dienone is 1. The number of benzene rings is 2. The van der Waals surface area contributed by atoms with Crippen LogP contribution in [0.25, 0.3) is 0 Å². The topological polar surface area (TPSA) is 80.7 Å². The average molecular weight is 431 g/mol. The second kappa shape index (κ2) is 10.7. The summed E-state index contributed by atoms with van der Waals surface area (Å²) in [5.41, 5.74) is 8.83. The maximum Gasteiger partial charge on any atom is 0.341 e. The lowest BCUT2D eigenvalue weighted by molar-refractivity contribution is -0.139. The molecular weight excluding hydrogens is 404 g/mol. The van der Waals surface area contributed by atoms with E-state index in [0.717, 1.165) is 36.0 Å². The molecule has 32 heavy (non-hydrogen) atoms. The third-order valence-corrected chi connectivity index (χ3v) is 5.48. The van der Waals surface area contributed by atoms with Crippen molar-refractivity contribution in [3.05, 3.63) is 107 Å². The van der Waals surface area contributed by atoms with Gasteiger partial charge in [0.05, 0.1) is 0 Å². The van der Waals surface area contributed by atoms with Crippen molar-refractivity contribution in [2.75, 3.05) is 13.2 Å². The van der Waals surface area contributed by atoms with Crippen molar-refractivity contribution in [1.29, 1.82) is 0 Å². The molecule has 164 valence electrons. The molecule has 3 aromatic rings. The van der Waals surface area contributed by atoms with Gasteiger partial charge in [-0.3, -0.25) is 9.82 Å². The fraction of sp³-hybridized carbons (Fsp3) is 0.231. The molecule has 6 heteroatoms. The fourth-order valence-corrected chi connectivity index (χ4v) is 3.94. The van der Waals surface area contributed by atoms with E-state index in [1.54, 1.807) is 12.4 Å². The predicted octanol–water partition coefficient (Wildman–Crippen LogP) is 4.27. The molecule has 0 saturated heterocycles. The van der Waals surface area contributed by atoms with Gasteiger partial charge < -0.3 is 9.84 Å². The number of carboxylic acids is 1. The number of nitrogens with one attached hydrogen (secondary N) is 1. The van der Waals surface area contributed by atoms with Crippen molar-refractivity contribution in [2.45, 2.75) is 25.4 Å². The number of carboxylic acid groups (broad SMARTS) is 1. The van der Waals surface area contributed by atoms with Gasteiger partial charge in [0, 0.05) is 18.9 Å². The lowest BCUT2D eigenvalue weighted by atomic mass is 9.87. The zero-order valence-electron chi connectivity index (χ0n) is 17.7. The van der Waals surface area contributed by atoms with E-state index in [1.807, 2.05) is 54.6 Å². The molecule has 4 rings (SSSR count). The molecule has 1 unspecified atom stereocenters. The summed E-state index contributed by atoms with van der Waals surface area (Å²) in [6.07, 6.45) is 8.06. The summed E-state index contributed by atoms with van der Waals surface area (Å²) in [5, 5.41) is 8.87. The monoisotopic (exact) mass is 430 g/mol. The lowest BCUT2D eigenvalue weighted by Gasteiger charge is -2.22. The second-order valence-corrected chi connectivity index (χ2v) is 7.65. The van der Waals surface area contributed by atoms with Gasteiger partial charge >= 0.3 is 5.97 Å². The third-order valence-electron chi connectivity index (χ3n) is 5.48. The number of aliphatic carboxylic acids is 1. The van der Waals surface area contributed by atoms with Crippen LogP contribution in [-0.2, 0) is 22.5 Å².